The lowest BCUT2D eigenvalue weighted by Crippen LogP contribution is -2.41. The standard InChI is InChI=1S/C19H18ClN5O3S2/c20-15-3-5-16(6-4-15)30(27,28)25-10-7-13(8-11-25)17(26)22-19-24-23-18(29-19)14-2-1-9-21-12-14/h1-6,9,12-13H,7-8,10-11H2,(H,22,24,26). The van der Waals surface area contributed by atoms with Gasteiger partial charge in [-0.05, 0) is 49.2 Å². The molecule has 0 aliphatic carbocycles. The molecule has 0 spiro atoms. The number of pyridine rings is 1. The molecule has 1 aromatic carbocycles. The number of aromatic nitrogens is 3. The molecule has 0 saturated carbocycles. The molecule has 11 heteroatoms. The molecule has 0 bridgehead atoms. The van der Waals surface area contributed by atoms with E-state index in [1.165, 1.54) is 27.8 Å². The van der Waals surface area contributed by atoms with Crippen molar-refractivity contribution in [1.82, 2.24) is 19.5 Å². The monoisotopic (exact) mass is 463 g/mol. The van der Waals surface area contributed by atoms with Gasteiger partial charge in [0.2, 0.25) is 21.1 Å². The first-order valence-electron chi connectivity index (χ1n) is 9.24. The second-order valence-corrected chi connectivity index (χ2v) is 10.1. The van der Waals surface area contributed by atoms with Gasteiger partial charge in [-0.25, -0.2) is 8.42 Å². The molecule has 1 aliphatic heterocycles. The summed E-state index contributed by atoms with van der Waals surface area (Å²) in [4.78, 5) is 16.9. The summed E-state index contributed by atoms with van der Waals surface area (Å²) in [5.74, 6) is -0.458. The highest BCUT2D eigenvalue weighted by Crippen LogP contribution is 2.28. The lowest BCUT2D eigenvalue weighted by Gasteiger charge is -2.30. The quantitative estimate of drug-likeness (QED) is 0.622. The number of carbonyl (C=O) groups is 1. The maximum absolute atomic E-state index is 12.8. The van der Waals surface area contributed by atoms with E-state index in [0.29, 0.717) is 28.0 Å². The molecular formula is C19H18ClN5O3S2. The summed E-state index contributed by atoms with van der Waals surface area (Å²) < 4.78 is 26.9. The first kappa shape index (κ1) is 20.9. The van der Waals surface area contributed by atoms with E-state index < -0.39 is 10.0 Å². The number of halogens is 1. The molecular weight excluding hydrogens is 446 g/mol. The maximum atomic E-state index is 12.8. The zero-order valence-corrected chi connectivity index (χ0v) is 18.1. The Hall–Kier alpha value is -2.40. The van der Waals surface area contributed by atoms with Crippen LogP contribution < -0.4 is 5.32 Å². The third-order valence-electron chi connectivity index (χ3n) is 4.84. The van der Waals surface area contributed by atoms with Crippen molar-refractivity contribution in [2.24, 2.45) is 5.92 Å². The van der Waals surface area contributed by atoms with Crippen molar-refractivity contribution in [3.05, 3.63) is 53.8 Å². The third-order valence-corrected chi connectivity index (χ3v) is 7.89. The number of carbonyl (C=O) groups excluding carboxylic acids is 1. The fourth-order valence-electron chi connectivity index (χ4n) is 3.20. The van der Waals surface area contributed by atoms with Crippen molar-refractivity contribution in [2.75, 3.05) is 18.4 Å². The summed E-state index contributed by atoms with van der Waals surface area (Å²) in [6.07, 6.45) is 4.23. The molecule has 1 fully saturated rings. The van der Waals surface area contributed by atoms with Crippen LogP contribution in [-0.4, -0.2) is 46.9 Å². The zero-order valence-electron chi connectivity index (χ0n) is 15.7. The van der Waals surface area contributed by atoms with Crippen LogP contribution in [0, 0.1) is 5.92 Å². The van der Waals surface area contributed by atoms with Gasteiger partial charge in [-0.15, -0.1) is 10.2 Å². The Balaban J connectivity index is 1.36. The van der Waals surface area contributed by atoms with Crippen molar-refractivity contribution >= 4 is 44.0 Å². The van der Waals surface area contributed by atoms with Crippen LogP contribution in [0.25, 0.3) is 10.6 Å². The van der Waals surface area contributed by atoms with Crippen LogP contribution in [0.3, 0.4) is 0 Å². The zero-order chi connectivity index (χ0) is 21.1. The van der Waals surface area contributed by atoms with Gasteiger partial charge in [0.05, 0.1) is 4.90 Å². The number of hydrogen-bond donors (Lipinski definition) is 1. The summed E-state index contributed by atoms with van der Waals surface area (Å²) in [6.45, 7) is 0.556. The van der Waals surface area contributed by atoms with Gasteiger partial charge in [0, 0.05) is 42.0 Å². The van der Waals surface area contributed by atoms with E-state index in [4.69, 9.17) is 11.6 Å². The van der Waals surface area contributed by atoms with Crippen molar-refractivity contribution in [1.29, 1.82) is 0 Å². The molecule has 8 nitrogen and oxygen atoms in total. The van der Waals surface area contributed by atoms with E-state index in [2.05, 4.69) is 20.5 Å². The molecule has 0 unspecified atom stereocenters. The predicted molar refractivity (Wildman–Crippen MR) is 115 cm³/mol. The van der Waals surface area contributed by atoms with Crippen molar-refractivity contribution < 1.29 is 13.2 Å². The number of sulfonamides is 1. The van der Waals surface area contributed by atoms with Crippen LogP contribution in [0.1, 0.15) is 12.8 Å². The minimum absolute atomic E-state index is 0.174. The minimum Gasteiger partial charge on any atom is -0.300 e. The summed E-state index contributed by atoms with van der Waals surface area (Å²) in [7, 11) is -3.60. The van der Waals surface area contributed by atoms with Crippen LogP contribution in [0.4, 0.5) is 5.13 Å². The second-order valence-electron chi connectivity index (χ2n) is 6.78. The molecule has 1 saturated heterocycles. The number of rotatable bonds is 5. The van der Waals surface area contributed by atoms with Gasteiger partial charge < -0.3 is 5.32 Å². The predicted octanol–water partition coefficient (Wildman–Crippen LogP) is 3.29. The number of hydrogen-bond acceptors (Lipinski definition) is 7. The van der Waals surface area contributed by atoms with Gasteiger partial charge in [-0.3, -0.25) is 9.78 Å². The van der Waals surface area contributed by atoms with Crippen molar-refractivity contribution in [2.45, 2.75) is 17.7 Å². The smallest absolute Gasteiger partial charge is 0.243 e. The Morgan fingerprint density at radius 3 is 2.53 bits per heavy atom. The first-order chi connectivity index (χ1) is 14.4. The van der Waals surface area contributed by atoms with Crippen LogP contribution in [0.5, 0.6) is 0 Å². The molecule has 3 aromatic rings. The third kappa shape index (κ3) is 4.51. The molecule has 3 heterocycles. The summed E-state index contributed by atoms with van der Waals surface area (Å²) >= 11 is 7.11. The molecule has 156 valence electrons. The van der Waals surface area contributed by atoms with Crippen LogP contribution in [-0.2, 0) is 14.8 Å². The van der Waals surface area contributed by atoms with Gasteiger partial charge in [0.15, 0.2) is 5.01 Å². The van der Waals surface area contributed by atoms with E-state index in [9.17, 15) is 13.2 Å². The minimum atomic E-state index is -3.60. The van der Waals surface area contributed by atoms with Gasteiger partial charge in [-0.1, -0.05) is 22.9 Å². The van der Waals surface area contributed by atoms with Gasteiger partial charge in [0.1, 0.15) is 0 Å². The highest BCUT2D eigenvalue weighted by Gasteiger charge is 2.32. The fraction of sp³-hybridized carbons (Fsp3) is 0.263. The lowest BCUT2D eigenvalue weighted by molar-refractivity contribution is -0.120. The molecule has 0 atom stereocenters. The normalized spacial score (nSPS) is 15.8. The van der Waals surface area contributed by atoms with Crippen LogP contribution in [0.2, 0.25) is 5.02 Å². The largest absolute Gasteiger partial charge is 0.300 e. The topological polar surface area (TPSA) is 105 Å². The Morgan fingerprint density at radius 2 is 1.87 bits per heavy atom. The summed E-state index contributed by atoms with van der Waals surface area (Å²) in [5.41, 5.74) is 0.830. The number of anilines is 1. The molecule has 1 aliphatic rings. The van der Waals surface area contributed by atoms with E-state index in [0.717, 1.165) is 5.56 Å². The average molecular weight is 464 g/mol. The Labute approximate surface area is 183 Å². The van der Waals surface area contributed by atoms with E-state index in [-0.39, 0.29) is 29.8 Å². The second kappa shape index (κ2) is 8.76. The van der Waals surface area contributed by atoms with E-state index >= 15 is 0 Å². The first-order valence-corrected chi connectivity index (χ1v) is 11.9. The molecule has 4 rings (SSSR count). The molecule has 30 heavy (non-hydrogen) atoms. The molecule has 1 amide bonds. The van der Waals surface area contributed by atoms with Crippen molar-refractivity contribution in [3.8, 4) is 10.6 Å². The van der Waals surface area contributed by atoms with Crippen molar-refractivity contribution in [3.63, 3.8) is 0 Å². The number of amides is 1. The summed E-state index contributed by atoms with van der Waals surface area (Å²) in [6, 6.07) is 9.77. The highest BCUT2D eigenvalue weighted by atomic mass is 35.5. The van der Waals surface area contributed by atoms with Gasteiger partial charge >= 0.3 is 0 Å². The number of nitrogens with one attached hydrogen (secondary N) is 1. The molecule has 1 N–H and O–H groups in total. The van der Waals surface area contributed by atoms with Gasteiger partial charge in [-0.2, -0.15) is 4.31 Å². The number of piperidine rings is 1. The van der Waals surface area contributed by atoms with Crippen LogP contribution in [0.15, 0.2) is 53.7 Å². The SMILES string of the molecule is O=C(Nc1nnc(-c2cccnc2)s1)C1CCN(S(=O)(=O)c2ccc(Cl)cc2)CC1. The Bertz CT molecular complexity index is 1130. The molecule has 0 radical (unpaired) electrons. The van der Waals surface area contributed by atoms with E-state index in [1.807, 2.05) is 6.07 Å². The maximum Gasteiger partial charge on any atom is 0.243 e. The highest BCUT2D eigenvalue weighted by molar-refractivity contribution is 7.89. The average Bonchev–Trinajstić information content (AvgIpc) is 3.23. The lowest BCUT2D eigenvalue weighted by atomic mass is 9.97. The number of benzene rings is 1. The van der Waals surface area contributed by atoms with Gasteiger partial charge in [0.25, 0.3) is 0 Å². The Morgan fingerprint density at radius 1 is 1.13 bits per heavy atom. The summed E-state index contributed by atoms with van der Waals surface area (Å²) in [5, 5.41) is 12.5. The Kier molecular flexibility index (Phi) is 6.09. The van der Waals surface area contributed by atoms with Crippen LogP contribution >= 0.6 is 22.9 Å². The number of nitrogens with zero attached hydrogens (tertiary/aromatic N) is 4. The van der Waals surface area contributed by atoms with E-state index in [1.54, 1.807) is 30.6 Å². The molecule has 2 aromatic heterocycles. The fourth-order valence-corrected chi connectivity index (χ4v) is 5.53.